The fourth-order valence-corrected chi connectivity index (χ4v) is 2.02. The molecule has 0 spiro atoms. The van der Waals surface area contributed by atoms with Gasteiger partial charge in [0.15, 0.2) is 0 Å². The van der Waals surface area contributed by atoms with Crippen LogP contribution in [-0.2, 0) is 13.0 Å². The number of rotatable bonds is 5. The fraction of sp³-hybridized carbons (Fsp3) is 0.333. The maximum Gasteiger partial charge on any atom is 0.0529 e. The van der Waals surface area contributed by atoms with Crippen LogP contribution in [0.15, 0.2) is 30.5 Å². The average molecular weight is 257 g/mol. The summed E-state index contributed by atoms with van der Waals surface area (Å²) in [6, 6.07) is 8.07. The minimum atomic E-state index is 0.134. The van der Waals surface area contributed by atoms with Crippen LogP contribution in [0.5, 0.6) is 0 Å². The molecule has 19 heavy (non-hydrogen) atoms. The Morgan fingerprint density at radius 1 is 1.16 bits per heavy atom. The number of aromatic nitrogens is 2. The number of aliphatic hydroxyl groups is 1. The zero-order valence-corrected chi connectivity index (χ0v) is 11.3. The van der Waals surface area contributed by atoms with Crippen molar-refractivity contribution in [2.24, 2.45) is 0 Å². The molecule has 0 bridgehead atoms. The van der Waals surface area contributed by atoms with E-state index >= 15 is 0 Å². The lowest BCUT2D eigenvalue weighted by molar-refractivity contribution is 0.298. The molecule has 2 aromatic rings. The smallest absolute Gasteiger partial charge is 0.0529 e. The topological polar surface area (TPSA) is 58.0 Å². The van der Waals surface area contributed by atoms with Crippen molar-refractivity contribution in [1.29, 1.82) is 0 Å². The minimum Gasteiger partial charge on any atom is -0.396 e. The van der Waals surface area contributed by atoms with Gasteiger partial charge in [-0.25, -0.2) is 0 Å². The number of nitrogens with zero attached hydrogens (tertiary/aromatic N) is 2. The van der Waals surface area contributed by atoms with E-state index in [4.69, 9.17) is 5.11 Å². The summed E-state index contributed by atoms with van der Waals surface area (Å²) < 4.78 is 0. The molecule has 0 radical (unpaired) electrons. The highest BCUT2D eigenvalue weighted by Gasteiger charge is 1.99. The number of anilines is 1. The van der Waals surface area contributed by atoms with Gasteiger partial charge in [-0.2, -0.15) is 0 Å². The van der Waals surface area contributed by atoms with E-state index in [1.165, 1.54) is 5.56 Å². The van der Waals surface area contributed by atoms with E-state index in [2.05, 4.69) is 27.4 Å². The minimum absolute atomic E-state index is 0.134. The van der Waals surface area contributed by atoms with E-state index < -0.39 is 0 Å². The van der Waals surface area contributed by atoms with Crippen LogP contribution >= 0.6 is 0 Å². The summed E-state index contributed by atoms with van der Waals surface area (Å²) in [5.41, 5.74) is 5.17. The molecule has 0 aliphatic carbocycles. The van der Waals surface area contributed by atoms with E-state index in [-0.39, 0.29) is 6.61 Å². The molecule has 2 rings (SSSR count). The van der Waals surface area contributed by atoms with Gasteiger partial charge in [0, 0.05) is 36.7 Å². The van der Waals surface area contributed by atoms with Crippen LogP contribution in [0, 0.1) is 13.8 Å². The van der Waals surface area contributed by atoms with E-state index in [1.807, 2.05) is 26.0 Å². The first kappa shape index (κ1) is 13.5. The molecule has 0 aliphatic heterocycles. The van der Waals surface area contributed by atoms with Crippen molar-refractivity contribution in [1.82, 2.24) is 9.97 Å². The van der Waals surface area contributed by atoms with Crippen LogP contribution in [0.25, 0.3) is 0 Å². The predicted molar refractivity (Wildman–Crippen MR) is 76.1 cm³/mol. The van der Waals surface area contributed by atoms with Crippen molar-refractivity contribution in [3.63, 3.8) is 0 Å². The van der Waals surface area contributed by atoms with Crippen molar-refractivity contribution in [2.45, 2.75) is 26.8 Å². The van der Waals surface area contributed by atoms with Gasteiger partial charge in [0.05, 0.1) is 11.9 Å². The Labute approximate surface area is 113 Å². The van der Waals surface area contributed by atoms with Crippen molar-refractivity contribution in [3.8, 4) is 0 Å². The summed E-state index contributed by atoms with van der Waals surface area (Å²) in [5, 5.41) is 12.2. The summed E-state index contributed by atoms with van der Waals surface area (Å²) in [6.07, 6.45) is 2.40. The van der Waals surface area contributed by atoms with Gasteiger partial charge in [0.1, 0.15) is 0 Å². The lowest BCUT2D eigenvalue weighted by atomic mass is 10.2. The van der Waals surface area contributed by atoms with Gasteiger partial charge in [-0.15, -0.1) is 0 Å². The van der Waals surface area contributed by atoms with Gasteiger partial charge in [-0.05, 0) is 43.7 Å². The number of aliphatic hydroxyl groups excluding tert-OH is 1. The van der Waals surface area contributed by atoms with Gasteiger partial charge in [-0.3, -0.25) is 9.97 Å². The molecular weight excluding hydrogens is 238 g/mol. The van der Waals surface area contributed by atoms with Crippen molar-refractivity contribution >= 4 is 5.69 Å². The quantitative estimate of drug-likeness (QED) is 0.862. The molecule has 2 aromatic heterocycles. The Hall–Kier alpha value is -1.94. The molecule has 0 atom stereocenters. The Kier molecular flexibility index (Phi) is 4.47. The number of hydrogen-bond donors (Lipinski definition) is 2. The molecule has 2 heterocycles. The highest BCUT2D eigenvalue weighted by molar-refractivity contribution is 5.42. The molecule has 2 N–H and O–H groups in total. The maximum atomic E-state index is 8.83. The van der Waals surface area contributed by atoms with E-state index in [0.717, 1.165) is 29.3 Å². The Morgan fingerprint density at radius 3 is 2.47 bits per heavy atom. The lowest BCUT2D eigenvalue weighted by Gasteiger charge is -2.08. The Balaban J connectivity index is 1.98. The molecule has 0 saturated carbocycles. The monoisotopic (exact) mass is 257 g/mol. The maximum absolute atomic E-state index is 8.83. The highest BCUT2D eigenvalue weighted by atomic mass is 16.3. The van der Waals surface area contributed by atoms with Gasteiger partial charge >= 0.3 is 0 Å². The predicted octanol–water partition coefficient (Wildman–Crippen LogP) is 2.24. The van der Waals surface area contributed by atoms with Crippen LogP contribution in [-0.4, -0.2) is 21.7 Å². The molecule has 0 fully saturated rings. The summed E-state index contributed by atoms with van der Waals surface area (Å²) in [7, 11) is 0. The molecule has 0 aromatic carbocycles. The molecule has 0 amide bonds. The van der Waals surface area contributed by atoms with Gasteiger partial charge < -0.3 is 10.4 Å². The molecule has 0 unspecified atom stereocenters. The third kappa shape index (κ3) is 4.03. The second-order valence-corrected chi connectivity index (χ2v) is 4.62. The molecule has 4 heteroatoms. The van der Waals surface area contributed by atoms with Crippen molar-refractivity contribution in [2.75, 3.05) is 11.9 Å². The summed E-state index contributed by atoms with van der Waals surface area (Å²) in [6.45, 7) is 4.89. The lowest BCUT2D eigenvalue weighted by Crippen LogP contribution is -2.02. The zero-order chi connectivity index (χ0) is 13.7. The summed E-state index contributed by atoms with van der Waals surface area (Å²) in [4.78, 5) is 8.64. The van der Waals surface area contributed by atoms with Crippen LogP contribution in [0.2, 0.25) is 0 Å². The number of aryl methyl sites for hydroxylation is 2. The van der Waals surface area contributed by atoms with Gasteiger partial charge in [-0.1, -0.05) is 0 Å². The first-order valence-electron chi connectivity index (χ1n) is 6.41. The number of nitrogens with one attached hydrogen (secondary N) is 1. The third-order valence-electron chi connectivity index (χ3n) is 2.83. The Morgan fingerprint density at radius 2 is 1.89 bits per heavy atom. The molecule has 0 saturated heterocycles. The second kappa shape index (κ2) is 6.29. The van der Waals surface area contributed by atoms with Crippen molar-refractivity contribution < 1.29 is 5.11 Å². The molecule has 100 valence electrons. The van der Waals surface area contributed by atoms with E-state index in [0.29, 0.717) is 6.42 Å². The third-order valence-corrected chi connectivity index (χ3v) is 2.83. The van der Waals surface area contributed by atoms with Crippen molar-refractivity contribution in [3.05, 3.63) is 53.1 Å². The first-order valence-corrected chi connectivity index (χ1v) is 6.41. The molecule has 0 aliphatic rings. The Bertz CT molecular complexity index is 517. The molecular formula is C15H19N3O. The molecule has 4 nitrogen and oxygen atoms in total. The normalized spacial score (nSPS) is 10.5. The highest BCUT2D eigenvalue weighted by Crippen LogP contribution is 2.10. The second-order valence-electron chi connectivity index (χ2n) is 4.62. The van der Waals surface area contributed by atoms with E-state index in [9.17, 15) is 0 Å². The largest absolute Gasteiger partial charge is 0.396 e. The average Bonchev–Trinajstić information content (AvgIpc) is 2.37. The first-order chi connectivity index (χ1) is 9.17. The van der Waals surface area contributed by atoms with Gasteiger partial charge in [0.2, 0.25) is 0 Å². The van der Waals surface area contributed by atoms with Crippen LogP contribution in [0.3, 0.4) is 0 Å². The van der Waals surface area contributed by atoms with Crippen LogP contribution in [0.4, 0.5) is 5.69 Å². The summed E-state index contributed by atoms with van der Waals surface area (Å²) in [5.74, 6) is 0. The fourth-order valence-electron chi connectivity index (χ4n) is 2.02. The number of hydrogen-bond acceptors (Lipinski definition) is 4. The SMILES string of the molecule is Cc1cc(CNc2ccc(CCO)nc2)cc(C)n1. The van der Waals surface area contributed by atoms with Gasteiger partial charge in [0.25, 0.3) is 0 Å². The number of pyridine rings is 2. The van der Waals surface area contributed by atoms with Crippen LogP contribution in [0.1, 0.15) is 22.6 Å². The standard InChI is InChI=1S/C15H19N3O/c1-11-7-13(8-12(2)18-11)9-16-15-4-3-14(5-6-19)17-10-15/h3-4,7-8,10,16,19H,5-6,9H2,1-2H3. The summed E-state index contributed by atoms with van der Waals surface area (Å²) >= 11 is 0. The van der Waals surface area contributed by atoms with Crippen LogP contribution < -0.4 is 5.32 Å². The zero-order valence-electron chi connectivity index (χ0n) is 11.3. The van der Waals surface area contributed by atoms with E-state index in [1.54, 1.807) is 6.20 Å².